The Balaban J connectivity index is 1.75. The van der Waals surface area contributed by atoms with Crippen molar-refractivity contribution in [3.8, 4) is 0 Å². The Labute approximate surface area is 105 Å². The van der Waals surface area contributed by atoms with Gasteiger partial charge in [0.2, 0.25) is 0 Å². The first kappa shape index (κ1) is 13.3. The summed E-state index contributed by atoms with van der Waals surface area (Å²) in [4.78, 5) is 0. The lowest BCUT2D eigenvalue weighted by atomic mass is 9.79. The number of ether oxygens (including phenoxy) is 1. The predicted molar refractivity (Wildman–Crippen MR) is 69.0 cm³/mol. The van der Waals surface area contributed by atoms with Crippen molar-refractivity contribution in [3.05, 3.63) is 0 Å². The number of rotatable bonds is 4. The molecule has 0 spiro atoms. The highest BCUT2D eigenvalue weighted by atomic mass is 16.5. The van der Waals surface area contributed by atoms with Crippen molar-refractivity contribution in [3.63, 3.8) is 0 Å². The van der Waals surface area contributed by atoms with Gasteiger partial charge in [-0.3, -0.25) is 0 Å². The van der Waals surface area contributed by atoms with Crippen molar-refractivity contribution in [1.29, 1.82) is 0 Å². The highest BCUT2D eigenvalue weighted by Gasteiger charge is 2.33. The zero-order valence-electron chi connectivity index (χ0n) is 11.2. The second kappa shape index (κ2) is 5.68. The number of hydrogen-bond donors (Lipinski definition) is 2. The predicted octanol–water partition coefficient (Wildman–Crippen LogP) is 1.94. The van der Waals surface area contributed by atoms with Crippen LogP contribution in [0.1, 0.15) is 46.0 Å². The molecule has 1 aliphatic heterocycles. The second-order valence-corrected chi connectivity index (χ2v) is 6.28. The van der Waals surface area contributed by atoms with Gasteiger partial charge >= 0.3 is 0 Å². The van der Waals surface area contributed by atoms with E-state index >= 15 is 0 Å². The number of aliphatic hydroxyl groups is 1. The minimum Gasteiger partial charge on any atom is -0.386 e. The standard InChI is InChI=1S/C14H27NO2/c1-11(2)12-4-3-5-13(8-12)15-9-14(16)6-7-17-10-14/h11-13,15-16H,3-10H2,1-2H3. The fourth-order valence-electron chi connectivity index (χ4n) is 3.09. The molecule has 1 aliphatic carbocycles. The normalized spacial score (nSPS) is 38.8. The van der Waals surface area contributed by atoms with E-state index < -0.39 is 5.60 Å². The van der Waals surface area contributed by atoms with Gasteiger partial charge < -0.3 is 15.2 Å². The van der Waals surface area contributed by atoms with Crippen LogP contribution in [-0.2, 0) is 4.74 Å². The van der Waals surface area contributed by atoms with Crippen LogP contribution in [0.25, 0.3) is 0 Å². The molecule has 2 fully saturated rings. The maximum Gasteiger partial charge on any atom is 0.102 e. The molecule has 100 valence electrons. The molecule has 2 rings (SSSR count). The minimum atomic E-state index is -0.606. The molecule has 0 radical (unpaired) electrons. The van der Waals surface area contributed by atoms with Crippen molar-refractivity contribution in [2.75, 3.05) is 19.8 Å². The van der Waals surface area contributed by atoms with Crippen LogP contribution in [0.15, 0.2) is 0 Å². The van der Waals surface area contributed by atoms with Gasteiger partial charge in [0.05, 0.1) is 6.61 Å². The van der Waals surface area contributed by atoms with Gasteiger partial charge in [-0.1, -0.05) is 26.7 Å². The molecule has 1 saturated carbocycles. The Morgan fingerprint density at radius 2 is 2.24 bits per heavy atom. The molecule has 0 amide bonds. The molecule has 0 bridgehead atoms. The molecule has 3 heteroatoms. The molecule has 2 aliphatic rings. The van der Waals surface area contributed by atoms with Crippen LogP contribution in [0.5, 0.6) is 0 Å². The Kier molecular flexibility index (Phi) is 4.45. The lowest BCUT2D eigenvalue weighted by Crippen LogP contribution is -2.46. The van der Waals surface area contributed by atoms with E-state index in [1.807, 2.05) is 0 Å². The summed E-state index contributed by atoms with van der Waals surface area (Å²) in [5, 5.41) is 13.8. The van der Waals surface area contributed by atoms with Crippen LogP contribution < -0.4 is 5.32 Å². The Hall–Kier alpha value is -0.120. The molecule has 0 aromatic heterocycles. The molecule has 0 aromatic carbocycles. The van der Waals surface area contributed by atoms with Crippen LogP contribution in [0.4, 0.5) is 0 Å². The summed E-state index contributed by atoms with van der Waals surface area (Å²) in [5.41, 5.74) is -0.606. The maximum absolute atomic E-state index is 10.2. The second-order valence-electron chi connectivity index (χ2n) is 6.28. The summed E-state index contributed by atoms with van der Waals surface area (Å²) >= 11 is 0. The van der Waals surface area contributed by atoms with Crippen molar-refractivity contribution in [2.45, 2.75) is 57.6 Å². The van der Waals surface area contributed by atoms with E-state index in [9.17, 15) is 5.11 Å². The zero-order valence-corrected chi connectivity index (χ0v) is 11.2. The maximum atomic E-state index is 10.2. The van der Waals surface area contributed by atoms with Crippen LogP contribution >= 0.6 is 0 Å². The first-order valence-corrected chi connectivity index (χ1v) is 7.12. The van der Waals surface area contributed by atoms with Crippen LogP contribution in [0.2, 0.25) is 0 Å². The number of nitrogens with one attached hydrogen (secondary N) is 1. The van der Waals surface area contributed by atoms with Crippen molar-refractivity contribution in [2.24, 2.45) is 11.8 Å². The average molecular weight is 241 g/mol. The Morgan fingerprint density at radius 3 is 2.88 bits per heavy atom. The smallest absolute Gasteiger partial charge is 0.102 e. The topological polar surface area (TPSA) is 41.5 Å². The summed E-state index contributed by atoms with van der Waals surface area (Å²) < 4.78 is 5.27. The van der Waals surface area contributed by atoms with E-state index in [0.29, 0.717) is 25.8 Å². The quantitative estimate of drug-likeness (QED) is 0.790. The van der Waals surface area contributed by atoms with Crippen molar-refractivity contribution >= 4 is 0 Å². The van der Waals surface area contributed by atoms with Gasteiger partial charge in [-0.25, -0.2) is 0 Å². The lowest BCUT2D eigenvalue weighted by molar-refractivity contribution is 0.0225. The van der Waals surface area contributed by atoms with Gasteiger partial charge in [0, 0.05) is 25.6 Å². The van der Waals surface area contributed by atoms with E-state index in [2.05, 4.69) is 19.2 Å². The average Bonchev–Trinajstić information content (AvgIpc) is 2.75. The van der Waals surface area contributed by atoms with E-state index in [0.717, 1.165) is 18.3 Å². The van der Waals surface area contributed by atoms with Crippen LogP contribution in [0, 0.1) is 11.8 Å². The van der Waals surface area contributed by atoms with Crippen LogP contribution in [0.3, 0.4) is 0 Å². The van der Waals surface area contributed by atoms with Gasteiger partial charge in [-0.2, -0.15) is 0 Å². The SMILES string of the molecule is CC(C)C1CCCC(NCC2(O)CCOC2)C1. The summed E-state index contributed by atoms with van der Waals surface area (Å²) in [6.45, 7) is 6.55. The van der Waals surface area contributed by atoms with E-state index in [1.165, 1.54) is 25.7 Å². The molecule has 1 heterocycles. The Morgan fingerprint density at radius 1 is 1.41 bits per heavy atom. The van der Waals surface area contributed by atoms with Crippen LogP contribution in [-0.4, -0.2) is 36.5 Å². The van der Waals surface area contributed by atoms with Gasteiger partial charge in [0.25, 0.3) is 0 Å². The lowest BCUT2D eigenvalue weighted by Gasteiger charge is -2.34. The summed E-state index contributed by atoms with van der Waals surface area (Å²) in [7, 11) is 0. The van der Waals surface area contributed by atoms with Gasteiger partial charge in [-0.15, -0.1) is 0 Å². The largest absolute Gasteiger partial charge is 0.386 e. The molecule has 2 N–H and O–H groups in total. The van der Waals surface area contributed by atoms with Gasteiger partial charge in [0.15, 0.2) is 0 Å². The van der Waals surface area contributed by atoms with E-state index in [4.69, 9.17) is 4.74 Å². The first-order chi connectivity index (χ1) is 8.09. The molecular formula is C14H27NO2. The van der Waals surface area contributed by atoms with E-state index in [1.54, 1.807) is 0 Å². The third-order valence-corrected chi connectivity index (χ3v) is 4.46. The fourth-order valence-corrected chi connectivity index (χ4v) is 3.09. The molecule has 1 saturated heterocycles. The summed E-state index contributed by atoms with van der Waals surface area (Å²) in [6.07, 6.45) is 6.02. The van der Waals surface area contributed by atoms with Gasteiger partial charge in [-0.05, 0) is 24.7 Å². The van der Waals surface area contributed by atoms with E-state index in [-0.39, 0.29) is 0 Å². The molecule has 3 atom stereocenters. The third kappa shape index (κ3) is 3.67. The van der Waals surface area contributed by atoms with Crippen molar-refractivity contribution < 1.29 is 9.84 Å². The molecule has 0 aromatic rings. The zero-order chi connectivity index (χ0) is 12.3. The number of hydrogen-bond acceptors (Lipinski definition) is 3. The van der Waals surface area contributed by atoms with Gasteiger partial charge in [0.1, 0.15) is 5.60 Å². The Bertz CT molecular complexity index is 236. The fraction of sp³-hybridized carbons (Fsp3) is 1.00. The summed E-state index contributed by atoms with van der Waals surface area (Å²) in [5.74, 6) is 1.65. The summed E-state index contributed by atoms with van der Waals surface area (Å²) in [6, 6.07) is 0.598. The molecule has 3 unspecified atom stereocenters. The highest BCUT2D eigenvalue weighted by Crippen LogP contribution is 2.30. The highest BCUT2D eigenvalue weighted by molar-refractivity contribution is 4.88. The first-order valence-electron chi connectivity index (χ1n) is 7.12. The minimum absolute atomic E-state index is 0.500. The monoisotopic (exact) mass is 241 g/mol. The third-order valence-electron chi connectivity index (χ3n) is 4.46. The molecule has 17 heavy (non-hydrogen) atoms. The molecular weight excluding hydrogens is 214 g/mol. The van der Waals surface area contributed by atoms with Crippen molar-refractivity contribution in [1.82, 2.24) is 5.32 Å². The molecule has 3 nitrogen and oxygen atoms in total.